The topological polar surface area (TPSA) is 128 Å². The van der Waals surface area contributed by atoms with E-state index in [-0.39, 0.29) is 17.6 Å². The number of urea groups is 1. The van der Waals surface area contributed by atoms with Crippen molar-refractivity contribution >= 4 is 17.8 Å². The summed E-state index contributed by atoms with van der Waals surface area (Å²) in [4.78, 5) is 28.7. The van der Waals surface area contributed by atoms with Gasteiger partial charge < -0.3 is 20.7 Å². The first-order valence-corrected chi connectivity index (χ1v) is 6.94. The lowest BCUT2D eigenvalue weighted by Gasteiger charge is -2.30. The average Bonchev–Trinajstić information content (AvgIpc) is 2.79. The Morgan fingerprint density at radius 1 is 1.35 bits per heavy atom. The highest BCUT2D eigenvalue weighted by Crippen LogP contribution is 2.26. The van der Waals surface area contributed by atoms with Gasteiger partial charge in [0, 0.05) is 20.1 Å². The SMILES string of the molecule is Cn1nnc(-c2ccc(NC(=O)N3CCC3)cn2)c1OC(N)=O. The van der Waals surface area contributed by atoms with Gasteiger partial charge in [-0.2, -0.15) is 0 Å². The van der Waals surface area contributed by atoms with E-state index in [1.807, 2.05) is 0 Å². The summed E-state index contributed by atoms with van der Waals surface area (Å²) in [6.45, 7) is 1.54. The molecule has 1 aliphatic heterocycles. The Kier molecular flexibility index (Phi) is 3.79. The second kappa shape index (κ2) is 5.91. The van der Waals surface area contributed by atoms with E-state index in [0.717, 1.165) is 19.5 Å². The molecule has 2 aromatic heterocycles. The third kappa shape index (κ3) is 3.05. The van der Waals surface area contributed by atoms with Gasteiger partial charge in [0.1, 0.15) is 0 Å². The largest absolute Gasteiger partial charge is 0.411 e. The molecule has 3 amide bonds. The molecule has 1 saturated heterocycles. The number of hydrogen-bond donors (Lipinski definition) is 2. The maximum absolute atomic E-state index is 11.8. The first-order valence-electron chi connectivity index (χ1n) is 6.94. The normalized spacial score (nSPS) is 13.3. The van der Waals surface area contributed by atoms with Gasteiger partial charge in [-0.3, -0.25) is 4.98 Å². The number of nitrogens with zero attached hydrogens (tertiary/aromatic N) is 5. The van der Waals surface area contributed by atoms with E-state index in [2.05, 4.69) is 20.6 Å². The van der Waals surface area contributed by atoms with Crippen molar-refractivity contribution in [2.24, 2.45) is 12.8 Å². The molecule has 23 heavy (non-hydrogen) atoms. The van der Waals surface area contributed by atoms with E-state index in [4.69, 9.17) is 10.5 Å². The number of carbonyl (C=O) groups excluding carboxylic acids is 2. The summed E-state index contributed by atoms with van der Waals surface area (Å²) < 4.78 is 6.16. The van der Waals surface area contributed by atoms with Crippen LogP contribution in [-0.4, -0.2) is 50.1 Å². The fourth-order valence-electron chi connectivity index (χ4n) is 2.05. The Bertz CT molecular complexity index is 737. The molecule has 2 aromatic rings. The number of aromatic nitrogens is 4. The molecule has 0 bridgehead atoms. The molecular weight excluding hydrogens is 302 g/mol. The minimum Gasteiger partial charge on any atom is -0.389 e. The number of rotatable bonds is 3. The van der Waals surface area contributed by atoms with Gasteiger partial charge in [-0.25, -0.2) is 14.3 Å². The second-order valence-electron chi connectivity index (χ2n) is 4.99. The van der Waals surface area contributed by atoms with Crippen LogP contribution in [-0.2, 0) is 7.05 Å². The summed E-state index contributed by atoms with van der Waals surface area (Å²) in [5.74, 6) is 0.0994. The number of primary amides is 1. The summed E-state index contributed by atoms with van der Waals surface area (Å²) in [7, 11) is 1.57. The third-order valence-corrected chi connectivity index (χ3v) is 3.37. The summed E-state index contributed by atoms with van der Waals surface area (Å²) in [6, 6.07) is 3.18. The van der Waals surface area contributed by atoms with Gasteiger partial charge in [-0.1, -0.05) is 5.21 Å². The molecule has 0 unspecified atom stereocenters. The quantitative estimate of drug-likeness (QED) is 0.851. The maximum Gasteiger partial charge on any atom is 0.411 e. The van der Waals surface area contributed by atoms with Crippen molar-refractivity contribution in [3.63, 3.8) is 0 Å². The number of aryl methyl sites for hydroxylation is 1. The predicted octanol–water partition coefficient (Wildman–Crippen LogP) is 0.572. The van der Waals surface area contributed by atoms with Crippen molar-refractivity contribution in [1.82, 2.24) is 24.9 Å². The molecule has 0 aromatic carbocycles. The standard InChI is InChI=1S/C13H15N7O3/c1-19-11(23-12(14)21)10(17-18-19)9-4-3-8(7-15-9)16-13(22)20-5-2-6-20/h3-4,7H,2,5-6H2,1H3,(H2,14,21)(H,16,22). The number of ether oxygens (including phenoxy) is 1. The zero-order valence-electron chi connectivity index (χ0n) is 12.4. The molecule has 0 radical (unpaired) electrons. The van der Waals surface area contributed by atoms with Gasteiger partial charge in [0.15, 0.2) is 5.69 Å². The number of nitrogens with one attached hydrogen (secondary N) is 1. The molecule has 1 fully saturated rings. The van der Waals surface area contributed by atoms with Gasteiger partial charge in [-0.15, -0.1) is 5.10 Å². The third-order valence-electron chi connectivity index (χ3n) is 3.37. The van der Waals surface area contributed by atoms with Crippen LogP contribution in [0.5, 0.6) is 5.88 Å². The smallest absolute Gasteiger partial charge is 0.389 e. The minimum absolute atomic E-state index is 0.0994. The zero-order valence-corrected chi connectivity index (χ0v) is 12.4. The van der Waals surface area contributed by atoms with Gasteiger partial charge in [0.2, 0.25) is 0 Å². The summed E-state index contributed by atoms with van der Waals surface area (Å²) in [6.07, 6.45) is 1.56. The average molecular weight is 317 g/mol. The van der Waals surface area contributed by atoms with E-state index < -0.39 is 6.09 Å². The molecule has 0 spiro atoms. The summed E-state index contributed by atoms with van der Waals surface area (Å²) >= 11 is 0. The summed E-state index contributed by atoms with van der Waals surface area (Å²) in [5, 5.41) is 10.4. The first kappa shape index (κ1) is 14.8. The van der Waals surface area contributed by atoms with Gasteiger partial charge >= 0.3 is 12.1 Å². The van der Waals surface area contributed by atoms with Gasteiger partial charge in [0.25, 0.3) is 5.88 Å². The lowest BCUT2D eigenvalue weighted by Crippen LogP contribution is -2.44. The second-order valence-corrected chi connectivity index (χ2v) is 4.99. The maximum atomic E-state index is 11.8. The van der Waals surface area contributed by atoms with E-state index in [1.165, 1.54) is 10.9 Å². The van der Waals surface area contributed by atoms with Gasteiger partial charge in [-0.05, 0) is 18.6 Å². The van der Waals surface area contributed by atoms with Crippen LogP contribution < -0.4 is 15.8 Å². The van der Waals surface area contributed by atoms with Crippen LogP contribution in [0, 0.1) is 0 Å². The van der Waals surface area contributed by atoms with E-state index in [0.29, 0.717) is 11.4 Å². The van der Waals surface area contributed by atoms with Gasteiger partial charge in [0.05, 0.1) is 17.6 Å². The van der Waals surface area contributed by atoms with Crippen molar-refractivity contribution in [3.8, 4) is 17.3 Å². The molecule has 3 rings (SSSR count). The zero-order chi connectivity index (χ0) is 16.4. The summed E-state index contributed by atoms with van der Waals surface area (Å²) in [5.41, 5.74) is 6.31. The molecule has 0 aliphatic carbocycles. The number of pyridine rings is 1. The Labute approximate surface area is 131 Å². The van der Waals surface area contributed by atoms with E-state index >= 15 is 0 Å². The Morgan fingerprint density at radius 2 is 2.13 bits per heavy atom. The van der Waals surface area contributed by atoms with Crippen LogP contribution in [0.25, 0.3) is 11.4 Å². The number of likely N-dealkylation sites (tertiary alicyclic amines) is 1. The lowest BCUT2D eigenvalue weighted by molar-refractivity contribution is 0.181. The monoisotopic (exact) mass is 317 g/mol. The highest BCUT2D eigenvalue weighted by molar-refractivity contribution is 5.89. The highest BCUT2D eigenvalue weighted by Gasteiger charge is 2.21. The number of carbonyl (C=O) groups is 2. The van der Waals surface area contributed by atoms with Crippen LogP contribution in [0.3, 0.4) is 0 Å². The Morgan fingerprint density at radius 3 is 2.70 bits per heavy atom. The van der Waals surface area contributed by atoms with Crippen molar-refractivity contribution in [1.29, 1.82) is 0 Å². The number of nitrogens with two attached hydrogens (primary N) is 1. The molecule has 10 heteroatoms. The first-order chi connectivity index (χ1) is 11.0. The van der Waals surface area contributed by atoms with Crippen LogP contribution >= 0.6 is 0 Å². The number of anilines is 1. The van der Waals surface area contributed by atoms with Crippen molar-refractivity contribution in [3.05, 3.63) is 18.3 Å². The molecule has 1 aliphatic rings. The molecule has 10 nitrogen and oxygen atoms in total. The molecule has 0 saturated carbocycles. The fraction of sp³-hybridized carbons (Fsp3) is 0.308. The minimum atomic E-state index is -0.963. The van der Waals surface area contributed by atoms with Crippen molar-refractivity contribution in [2.75, 3.05) is 18.4 Å². The van der Waals surface area contributed by atoms with E-state index in [1.54, 1.807) is 24.1 Å². The van der Waals surface area contributed by atoms with Crippen LogP contribution in [0.2, 0.25) is 0 Å². The molecule has 3 N–H and O–H groups in total. The molecule has 3 heterocycles. The van der Waals surface area contributed by atoms with Crippen LogP contribution in [0.15, 0.2) is 18.3 Å². The van der Waals surface area contributed by atoms with Crippen LogP contribution in [0.4, 0.5) is 15.3 Å². The highest BCUT2D eigenvalue weighted by atomic mass is 16.6. The Hall–Kier alpha value is -3.17. The fourth-order valence-corrected chi connectivity index (χ4v) is 2.05. The van der Waals surface area contributed by atoms with Crippen molar-refractivity contribution < 1.29 is 14.3 Å². The number of amides is 3. The van der Waals surface area contributed by atoms with Crippen molar-refractivity contribution in [2.45, 2.75) is 6.42 Å². The number of hydrogen-bond acceptors (Lipinski definition) is 6. The lowest BCUT2D eigenvalue weighted by atomic mass is 10.2. The molecular formula is C13H15N7O3. The van der Waals surface area contributed by atoms with E-state index in [9.17, 15) is 9.59 Å². The molecule has 0 atom stereocenters. The molecule has 120 valence electrons. The Balaban J connectivity index is 1.77. The van der Waals surface area contributed by atoms with Crippen LogP contribution in [0.1, 0.15) is 6.42 Å². The predicted molar refractivity (Wildman–Crippen MR) is 79.7 cm³/mol.